The Bertz CT molecular complexity index is 1380. The average Bonchev–Trinajstić information content (AvgIpc) is 3.43. The van der Waals surface area contributed by atoms with Gasteiger partial charge >= 0.3 is 0 Å². The van der Waals surface area contributed by atoms with E-state index in [1.807, 2.05) is 24.5 Å². The zero-order valence-electron chi connectivity index (χ0n) is 18.9. The quantitative estimate of drug-likeness (QED) is 0.478. The van der Waals surface area contributed by atoms with Crippen LogP contribution in [0.2, 0.25) is 0 Å². The minimum atomic E-state index is -0.228. The molecule has 0 radical (unpaired) electrons. The van der Waals surface area contributed by atoms with E-state index in [0.29, 0.717) is 5.65 Å². The summed E-state index contributed by atoms with van der Waals surface area (Å²) in [5, 5.41) is 7.71. The number of para-hydroxylation sites is 1. The van der Waals surface area contributed by atoms with Crippen LogP contribution in [0.3, 0.4) is 0 Å². The zero-order valence-corrected chi connectivity index (χ0v) is 18.9. The van der Waals surface area contributed by atoms with Crippen molar-refractivity contribution in [2.75, 3.05) is 29.4 Å². The molecule has 34 heavy (non-hydrogen) atoms. The predicted molar refractivity (Wildman–Crippen MR) is 128 cm³/mol. The number of piperidine rings is 1. The van der Waals surface area contributed by atoms with Crippen molar-refractivity contribution >= 4 is 28.5 Å². The predicted octanol–water partition coefficient (Wildman–Crippen LogP) is 2.55. The van der Waals surface area contributed by atoms with Crippen LogP contribution in [0.4, 0.5) is 17.3 Å². The van der Waals surface area contributed by atoms with Crippen molar-refractivity contribution in [1.82, 2.24) is 25.1 Å². The Morgan fingerprint density at radius 2 is 1.94 bits per heavy atom. The molecule has 0 bridgehead atoms. The van der Waals surface area contributed by atoms with Crippen molar-refractivity contribution < 1.29 is 10.5 Å². The van der Waals surface area contributed by atoms with Gasteiger partial charge in [-0.05, 0) is 37.1 Å². The Kier molecular flexibility index (Phi) is 4.29. The second-order valence-corrected chi connectivity index (χ2v) is 9.44. The fourth-order valence-corrected chi connectivity index (χ4v) is 5.73. The van der Waals surface area contributed by atoms with Gasteiger partial charge in [-0.2, -0.15) is 5.10 Å². The van der Waals surface area contributed by atoms with E-state index in [-0.39, 0.29) is 11.6 Å². The lowest BCUT2D eigenvalue weighted by molar-refractivity contribution is -0.453. The van der Waals surface area contributed by atoms with Crippen LogP contribution >= 0.6 is 0 Å². The molecule has 1 aromatic carbocycles. The highest BCUT2D eigenvalue weighted by molar-refractivity contribution is 5.87. The Hall–Kier alpha value is -3.72. The van der Waals surface area contributed by atoms with Crippen molar-refractivity contribution in [3.05, 3.63) is 60.0 Å². The number of fused-ring (bicyclic) bond motifs is 3. The van der Waals surface area contributed by atoms with E-state index in [1.165, 1.54) is 5.56 Å². The lowest BCUT2D eigenvalue weighted by Gasteiger charge is -2.39. The van der Waals surface area contributed by atoms with Gasteiger partial charge in [0.05, 0.1) is 23.1 Å². The van der Waals surface area contributed by atoms with Crippen molar-refractivity contribution in [2.45, 2.75) is 37.3 Å². The van der Waals surface area contributed by atoms with Gasteiger partial charge in [-0.25, -0.2) is 9.97 Å². The van der Waals surface area contributed by atoms with Crippen LogP contribution in [0.1, 0.15) is 36.6 Å². The number of aromatic amines is 1. The van der Waals surface area contributed by atoms with E-state index >= 15 is 0 Å². The first-order valence-corrected chi connectivity index (χ1v) is 12.0. The molecule has 3 aliphatic heterocycles. The monoisotopic (exact) mass is 455 g/mol. The molecule has 3 aliphatic rings. The normalized spacial score (nSPS) is 20.9. The van der Waals surface area contributed by atoms with Gasteiger partial charge in [-0.3, -0.25) is 10.1 Å². The summed E-state index contributed by atoms with van der Waals surface area (Å²) >= 11 is 0. The second kappa shape index (κ2) is 7.39. The van der Waals surface area contributed by atoms with Gasteiger partial charge in [0.1, 0.15) is 11.6 Å². The highest BCUT2D eigenvalue weighted by atomic mass is 16.5. The summed E-state index contributed by atoms with van der Waals surface area (Å²) in [4.78, 5) is 18.7. The Morgan fingerprint density at radius 3 is 2.82 bits per heavy atom. The fraction of sp³-hybridized carbons (Fsp3) is 0.360. The number of aromatic nitrogens is 5. The number of hydrogen-bond donors (Lipinski definition) is 2. The largest absolute Gasteiger partial charge is 0.480 e. The summed E-state index contributed by atoms with van der Waals surface area (Å²) < 4.78 is 6.45. The number of pyridine rings is 1. The van der Waals surface area contributed by atoms with E-state index < -0.39 is 0 Å². The molecule has 4 N–H and O–H groups in total. The number of hydrogen-bond acceptors (Lipinski definition) is 7. The number of benzene rings is 1. The number of ether oxygens (including phenoxy) is 1. The van der Waals surface area contributed by atoms with E-state index in [2.05, 4.69) is 55.0 Å². The van der Waals surface area contributed by atoms with Crippen LogP contribution in [-0.4, -0.2) is 50.4 Å². The number of aryl methyl sites for hydroxylation is 1. The van der Waals surface area contributed by atoms with E-state index in [9.17, 15) is 0 Å². The molecule has 0 saturated carbocycles. The van der Waals surface area contributed by atoms with Gasteiger partial charge in [0.2, 0.25) is 0 Å². The third-order valence-electron chi connectivity index (χ3n) is 7.62. The molecule has 7 rings (SSSR count). The number of nitrogens with one attached hydrogen (secondary N) is 1. The van der Waals surface area contributed by atoms with Gasteiger partial charge in [-0.15, -0.1) is 0 Å². The topological polar surface area (TPSA) is 111 Å². The van der Waals surface area contributed by atoms with Crippen LogP contribution in [0.5, 0.6) is 5.75 Å². The first kappa shape index (κ1) is 19.7. The molecule has 0 unspecified atom stereocenters. The third kappa shape index (κ3) is 2.89. The number of H-pyrrole nitrogens is 1. The summed E-state index contributed by atoms with van der Waals surface area (Å²) in [6.07, 6.45) is 7.57. The van der Waals surface area contributed by atoms with Gasteiger partial charge < -0.3 is 20.3 Å². The highest BCUT2D eigenvalue weighted by Crippen LogP contribution is 2.46. The molecule has 0 aliphatic carbocycles. The molecule has 9 heteroatoms. The van der Waals surface area contributed by atoms with Crippen LogP contribution in [-0.2, 0) is 6.42 Å². The molecule has 172 valence electrons. The standard InChI is InChI=1S/C25H26N8O/c26-22-16-5-1-2-8-19(16)34-25(22)9-13-32(14-10-25)20-15-28-21-23(29-20)30-31-24(21)33-12-4-6-17-18(33)7-3-11-27-17/h1-3,5,7-8,11,15,22H,4,6,9-10,12-14,26H2,(H,29,30,31)/p+1/t22-/m1/s1. The molecule has 3 aromatic heterocycles. The minimum Gasteiger partial charge on any atom is -0.480 e. The van der Waals surface area contributed by atoms with Gasteiger partial charge in [-0.1, -0.05) is 12.1 Å². The molecule has 1 spiro atoms. The molecule has 1 saturated heterocycles. The number of anilines is 3. The number of rotatable bonds is 2. The molecule has 1 atom stereocenters. The molecule has 6 heterocycles. The summed E-state index contributed by atoms with van der Waals surface area (Å²) in [6, 6.07) is 12.5. The molecule has 9 nitrogen and oxygen atoms in total. The number of nitrogens with zero attached hydrogens (tertiary/aromatic N) is 6. The van der Waals surface area contributed by atoms with Crippen molar-refractivity contribution in [3.63, 3.8) is 0 Å². The molecule has 1 fully saturated rings. The van der Waals surface area contributed by atoms with E-state index in [0.717, 1.165) is 79.6 Å². The highest BCUT2D eigenvalue weighted by Gasteiger charge is 2.51. The smallest absolute Gasteiger partial charge is 0.183 e. The number of quaternary nitrogens is 1. The maximum atomic E-state index is 6.45. The maximum Gasteiger partial charge on any atom is 0.183 e. The molecular formula is C25H27N8O+. The first-order chi connectivity index (χ1) is 16.7. The summed E-state index contributed by atoms with van der Waals surface area (Å²) in [6.45, 7) is 2.60. The van der Waals surface area contributed by atoms with Crippen LogP contribution in [0.25, 0.3) is 11.2 Å². The molecule has 4 aromatic rings. The van der Waals surface area contributed by atoms with Crippen LogP contribution in [0, 0.1) is 0 Å². The van der Waals surface area contributed by atoms with E-state index in [4.69, 9.17) is 14.7 Å². The molecule has 0 amide bonds. The lowest BCUT2D eigenvalue weighted by atomic mass is 9.83. The van der Waals surface area contributed by atoms with Gasteiger partial charge in [0.15, 0.2) is 28.6 Å². The van der Waals surface area contributed by atoms with Crippen LogP contribution in [0.15, 0.2) is 48.8 Å². The zero-order chi connectivity index (χ0) is 22.7. The summed E-state index contributed by atoms with van der Waals surface area (Å²) in [5.74, 6) is 2.67. The average molecular weight is 456 g/mol. The Morgan fingerprint density at radius 1 is 1.06 bits per heavy atom. The lowest BCUT2D eigenvalue weighted by Crippen LogP contribution is -2.66. The maximum absolute atomic E-state index is 6.45. The van der Waals surface area contributed by atoms with E-state index in [1.54, 1.807) is 0 Å². The van der Waals surface area contributed by atoms with Crippen molar-refractivity contribution in [1.29, 1.82) is 0 Å². The fourth-order valence-electron chi connectivity index (χ4n) is 5.73. The van der Waals surface area contributed by atoms with Crippen LogP contribution < -0.4 is 20.3 Å². The first-order valence-electron chi connectivity index (χ1n) is 12.0. The van der Waals surface area contributed by atoms with Crippen molar-refractivity contribution in [2.24, 2.45) is 0 Å². The Balaban J connectivity index is 1.13. The molecular weight excluding hydrogens is 428 g/mol. The third-order valence-corrected chi connectivity index (χ3v) is 7.62. The van der Waals surface area contributed by atoms with Gasteiger partial charge in [0.25, 0.3) is 0 Å². The Labute approximate surface area is 197 Å². The van der Waals surface area contributed by atoms with Crippen molar-refractivity contribution in [3.8, 4) is 5.75 Å². The summed E-state index contributed by atoms with van der Waals surface area (Å²) in [7, 11) is 0. The summed E-state index contributed by atoms with van der Waals surface area (Å²) in [5.41, 5.74) is 9.17. The van der Waals surface area contributed by atoms with Gasteiger partial charge in [0, 0.05) is 38.7 Å². The minimum absolute atomic E-state index is 0.150. The SMILES string of the molecule is [NH3+][C@@H]1c2ccccc2OC12CCN(c1cnc3c(N4CCCc5ncccc54)n[nH]c3n1)CC2. The second-order valence-electron chi connectivity index (χ2n) is 9.44.